The highest BCUT2D eigenvalue weighted by Gasteiger charge is 2.19. The highest BCUT2D eigenvalue weighted by atomic mass is 19.1. The van der Waals surface area contributed by atoms with Crippen LogP contribution in [0.3, 0.4) is 0 Å². The predicted octanol–water partition coefficient (Wildman–Crippen LogP) is 5.44. The maximum atomic E-state index is 14.0. The summed E-state index contributed by atoms with van der Waals surface area (Å²) in [4.78, 5) is 17.9. The molecule has 162 valence electrons. The smallest absolute Gasteiger partial charge is 0.256 e. The molecule has 6 nitrogen and oxygen atoms in total. The van der Waals surface area contributed by atoms with E-state index in [0.717, 1.165) is 12.8 Å². The van der Waals surface area contributed by atoms with Crippen LogP contribution in [-0.4, -0.2) is 30.2 Å². The first-order valence-electron chi connectivity index (χ1n) is 10.5. The van der Waals surface area contributed by atoms with Gasteiger partial charge in [-0.1, -0.05) is 18.2 Å². The van der Waals surface area contributed by atoms with Gasteiger partial charge in [0.25, 0.3) is 5.91 Å². The number of para-hydroxylation sites is 1. The summed E-state index contributed by atoms with van der Waals surface area (Å²) in [7, 11) is 0. The van der Waals surface area contributed by atoms with Gasteiger partial charge in [0, 0.05) is 18.1 Å². The Morgan fingerprint density at radius 2 is 2.06 bits per heavy atom. The molecule has 1 atom stereocenters. The molecular formula is C25H21FN2O4. The molecule has 0 saturated carbocycles. The third-order valence-corrected chi connectivity index (χ3v) is 5.37. The molecule has 1 fully saturated rings. The van der Waals surface area contributed by atoms with Gasteiger partial charge < -0.3 is 19.2 Å². The number of benzene rings is 2. The Kier molecular flexibility index (Phi) is 5.56. The molecule has 2 aromatic carbocycles. The number of nitrogens with one attached hydrogen (secondary N) is 1. The maximum absolute atomic E-state index is 14.0. The lowest BCUT2D eigenvalue weighted by molar-refractivity contribution is 0.0681. The van der Waals surface area contributed by atoms with E-state index in [-0.39, 0.29) is 11.8 Å². The summed E-state index contributed by atoms with van der Waals surface area (Å²) in [6.45, 7) is 1.06. The first-order chi connectivity index (χ1) is 15.7. The number of nitrogens with zero attached hydrogens (tertiary/aromatic N) is 1. The van der Waals surface area contributed by atoms with E-state index in [9.17, 15) is 9.18 Å². The van der Waals surface area contributed by atoms with Gasteiger partial charge >= 0.3 is 0 Å². The van der Waals surface area contributed by atoms with Crippen molar-refractivity contribution in [2.24, 2.45) is 0 Å². The molecule has 0 aliphatic carbocycles. The first kappa shape index (κ1) is 20.2. The van der Waals surface area contributed by atoms with Gasteiger partial charge in [0.05, 0.1) is 29.1 Å². The van der Waals surface area contributed by atoms with Crippen LogP contribution in [0.2, 0.25) is 0 Å². The highest BCUT2D eigenvalue weighted by Crippen LogP contribution is 2.29. The molecule has 1 unspecified atom stereocenters. The van der Waals surface area contributed by atoms with Gasteiger partial charge in [0.2, 0.25) is 0 Å². The second-order valence-electron chi connectivity index (χ2n) is 7.59. The zero-order chi connectivity index (χ0) is 21.9. The lowest BCUT2D eigenvalue weighted by Crippen LogP contribution is -2.18. The third-order valence-electron chi connectivity index (χ3n) is 5.37. The average Bonchev–Trinajstić information content (AvgIpc) is 3.52. The maximum Gasteiger partial charge on any atom is 0.256 e. The molecule has 3 heterocycles. The van der Waals surface area contributed by atoms with Crippen LogP contribution in [0.1, 0.15) is 23.2 Å². The van der Waals surface area contributed by atoms with Crippen LogP contribution in [0.25, 0.3) is 22.4 Å². The van der Waals surface area contributed by atoms with Crippen LogP contribution < -0.4 is 10.1 Å². The Morgan fingerprint density at radius 1 is 1.16 bits per heavy atom. The summed E-state index contributed by atoms with van der Waals surface area (Å²) in [5.41, 5.74) is 1.85. The summed E-state index contributed by atoms with van der Waals surface area (Å²) in [5, 5.41) is 3.48. The number of aromatic nitrogens is 1. The highest BCUT2D eigenvalue weighted by molar-refractivity contribution is 6.13. The zero-order valence-corrected chi connectivity index (χ0v) is 17.2. The third kappa shape index (κ3) is 4.20. The van der Waals surface area contributed by atoms with Crippen LogP contribution in [0.5, 0.6) is 5.75 Å². The number of pyridine rings is 1. The minimum Gasteiger partial charge on any atom is -0.489 e. The van der Waals surface area contributed by atoms with Gasteiger partial charge in [0.15, 0.2) is 5.76 Å². The second-order valence-corrected chi connectivity index (χ2v) is 7.59. The Morgan fingerprint density at radius 3 is 2.88 bits per heavy atom. The van der Waals surface area contributed by atoms with E-state index in [4.69, 9.17) is 13.9 Å². The van der Waals surface area contributed by atoms with E-state index >= 15 is 0 Å². The fourth-order valence-corrected chi connectivity index (χ4v) is 3.79. The van der Waals surface area contributed by atoms with Crippen molar-refractivity contribution in [3.63, 3.8) is 0 Å². The number of fused-ring (bicyclic) bond motifs is 1. The summed E-state index contributed by atoms with van der Waals surface area (Å²) in [6, 6.07) is 16.6. The lowest BCUT2D eigenvalue weighted by Gasteiger charge is -2.16. The molecule has 1 saturated heterocycles. The van der Waals surface area contributed by atoms with Crippen molar-refractivity contribution in [2.75, 3.05) is 18.5 Å². The monoisotopic (exact) mass is 432 g/mol. The first-order valence-corrected chi connectivity index (χ1v) is 10.5. The van der Waals surface area contributed by atoms with Crippen molar-refractivity contribution in [2.45, 2.75) is 18.9 Å². The largest absolute Gasteiger partial charge is 0.489 e. The van der Waals surface area contributed by atoms with Crippen LogP contribution >= 0.6 is 0 Å². The van der Waals surface area contributed by atoms with Crippen LogP contribution in [0, 0.1) is 5.82 Å². The molecular weight excluding hydrogens is 411 g/mol. The number of hydrogen-bond acceptors (Lipinski definition) is 5. The van der Waals surface area contributed by atoms with E-state index in [1.807, 2.05) is 24.3 Å². The summed E-state index contributed by atoms with van der Waals surface area (Å²) < 4.78 is 30.9. The number of amides is 1. The fraction of sp³-hybridized carbons (Fsp3) is 0.200. The van der Waals surface area contributed by atoms with Crippen LogP contribution in [-0.2, 0) is 4.74 Å². The molecule has 2 aromatic heterocycles. The Balaban J connectivity index is 1.47. The number of halogens is 1. The summed E-state index contributed by atoms with van der Waals surface area (Å²) in [6.07, 6.45) is 3.47. The number of carbonyl (C=O) groups excluding carboxylic acids is 1. The Bertz CT molecular complexity index is 1250. The summed E-state index contributed by atoms with van der Waals surface area (Å²) >= 11 is 0. The Labute approximate surface area is 184 Å². The molecule has 4 aromatic rings. The van der Waals surface area contributed by atoms with Gasteiger partial charge in [-0.3, -0.25) is 4.79 Å². The molecule has 1 aliphatic heterocycles. The number of anilines is 1. The number of hydrogen-bond donors (Lipinski definition) is 1. The van der Waals surface area contributed by atoms with Gasteiger partial charge in [0.1, 0.15) is 23.9 Å². The molecule has 0 bridgehead atoms. The van der Waals surface area contributed by atoms with Crippen molar-refractivity contribution in [3.8, 4) is 17.2 Å². The van der Waals surface area contributed by atoms with Gasteiger partial charge in [-0.2, -0.15) is 0 Å². The minimum absolute atomic E-state index is 0.00333. The quantitative estimate of drug-likeness (QED) is 0.439. The second kappa shape index (κ2) is 8.80. The molecule has 7 heteroatoms. The van der Waals surface area contributed by atoms with E-state index in [2.05, 4.69) is 10.3 Å². The van der Waals surface area contributed by atoms with E-state index in [1.165, 1.54) is 18.2 Å². The molecule has 32 heavy (non-hydrogen) atoms. The van der Waals surface area contributed by atoms with Crippen molar-refractivity contribution >= 4 is 22.5 Å². The molecule has 0 spiro atoms. The fourth-order valence-electron chi connectivity index (χ4n) is 3.79. The molecule has 1 N–H and O–H groups in total. The van der Waals surface area contributed by atoms with Gasteiger partial charge in [-0.05, 0) is 49.2 Å². The lowest BCUT2D eigenvalue weighted by atomic mass is 10.1. The normalized spacial score (nSPS) is 15.7. The number of carbonyl (C=O) groups is 1. The molecule has 0 radical (unpaired) electrons. The average molecular weight is 432 g/mol. The van der Waals surface area contributed by atoms with Crippen molar-refractivity contribution in [1.29, 1.82) is 0 Å². The van der Waals surface area contributed by atoms with E-state index < -0.39 is 11.7 Å². The molecule has 1 amide bonds. The van der Waals surface area contributed by atoms with Gasteiger partial charge in [-0.15, -0.1) is 0 Å². The Hall–Kier alpha value is -3.71. The zero-order valence-electron chi connectivity index (χ0n) is 17.2. The summed E-state index contributed by atoms with van der Waals surface area (Å²) in [5.74, 6) is 0.0700. The standard InChI is InChI=1S/C25H21FN2O4/c26-16-9-10-24(32-15-17-5-3-11-30-17)21(13-16)28-25(29)19-14-22(23-8-4-12-31-23)27-20-7-2-1-6-18(19)20/h1-2,4,6-10,12-14,17H,3,5,11,15H2,(H,28,29). The molecule has 5 rings (SSSR count). The SMILES string of the molecule is O=C(Nc1cc(F)ccc1OCC1CCCO1)c1cc(-c2ccco2)nc2ccccc12. The van der Waals surface area contributed by atoms with Crippen molar-refractivity contribution in [1.82, 2.24) is 4.98 Å². The topological polar surface area (TPSA) is 73.6 Å². The van der Waals surface area contributed by atoms with Gasteiger partial charge in [-0.25, -0.2) is 9.37 Å². The number of rotatable bonds is 6. The van der Waals surface area contributed by atoms with E-state index in [0.29, 0.717) is 46.9 Å². The predicted molar refractivity (Wildman–Crippen MR) is 118 cm³/mol. The van der Waals surface area contributed by atoms with Crippen LogP contribution in [0.4, 0.5) is 10.1 Å². The number of furan rings is 1. The number of ether oxygens (including phenoxy) is 2. The minimum atomic E-state index is -0.472. The molecule has 1 aliphatic rings. The van der Waals surface area contributed by atoms with Crippen molar-refractivity contribution < 1.29 is 23.1 Å². The van der Waals surface area contributed by atoms with E-state index in [1.54, 1.807) is 24.5 Å². The van der Waals surface area contributed by atoms with Crippen molar-refractivity contribution in [3.05, 3.63) is 78.3 Å². The van der Waals surface area contributed by atoms with Crippen LogP contribution in [0.15, 0.2) is 71.3 Å².